The largest absolute Gasteiger partial charge is 0.493 e. The van der Waals surface area contributed by atoms with Crippen LogP contribution in [0.1, 0.15) is 31.7 Å². The molecule has 0 aliphatic heterocycles. The van der Waals surface area contributed by atoms with Gasteiger partial charge in [-0.2, -0.15) is 0 Å². The number of hydrogen-bond donors (Lipinski definition) is 1. The Kier molecular flexibility index (Phi) is 4.17. The lowest BCUT2D eigenvalue weighted by Crippen LogP contribution is -2.42. The maximum absolute atomic E-state index is 6.01. The van der Waals surface area contributed by atoms with E-state index in [1.807, 2.05) is 19.1 Å². The number of rotatable bonds is 5. The molecule has 1 aliphatic rings. The molecule has 1 saturated carbocycles. The Morgan fingerprint density at radius 3 is 2.56 bits per heavy atom. The highest BCUT2D eigenvalue weighted by Crippen LogP contribution is 2.51. The average Bonchev–Trinajstić information content (AvgIpc) is 2.32. The number of nitrogens with two attached hydrogens (primary N) is 1. The summed E-state index contributed by atoms with van der Waals surface area (Å²) in [7, 11) is 1.67. The van der Waals surface area contributed by atoms with Crippen LogP contribution >= 0.6 is 15.9 Å². The molecule has 4 heteroatoms. The van der Waals surface area contributed by atoms with Crippen molar-refractivity contribution in [1.82, 2.24) is 0 Å². The molecule has 0 saturated heterocycles. The van der Waals surface area contributed by atoms with Gasteiger partial charge in [-0.05, 0) is 31.9 Å². The number of methoxy groups -OCH3 is 1. The number of hydrogen-bond acceptors (Lipinski definition) is 3. The minimum Gasteiger partial charge on any atom is -0.493 e. The third-order valence-electron chi connectivity index (χ3n) is 3.81. The van der Waals surface area contributed by atoms with Crippen LogP contribution in [0.25, 0.3) is 0 Å². The molecule has 1 fully saturated rings. The summed E-state index contributed by atoms with van der Waals surface area (Å²) in [6.07, 6.45) is 3.47. The maximum atomic E-state index is 6.01. The van der Waals surface area contributed by atoms with Crippen molar-refractivity contribution in [1.29, 1.82) is 0 Å². The van der Waals surface area contributed by atoms with Crippen LogP contribution in [0.5, 0.6) is 11.5 Å². The molecular formula is C14H20BrNO2. The zero-order chi connectivity index (χ0) is 13.2. The van der Waals surface area contributed by atoms with E-state index in [9.17, 15) is 0 Å². The van der Waals surface area contributed by atoms with Gasteiger partial charge in [0.05, 0.1) is 13.7 Å². The Balaban J connectivity index is 2.55. The second-order valence-corrected chi connectivity index (χ2v) is 5.58. The fourth-order valence-corrected chi connectivity index (χ4v) is 3.37. The molecule has 0 radical (unpaired) electrons. The van der Waals surface area contributed by atoms with Crippen molar-refractivity contribution in [3.8, 4) is 11.5 Å². The van der Waals surface area contributed by atoms with E-state index < -0.39 is 0 Å². The normalized spacial score (nSPS) is 17.1. The third kappa shape index (κ3) is 2.12. The van der Waals surface area contributed by atoms with Gasteiger partial charge >= 0.3 is 0 Å². The van der Waals surface area contributed by atoms with Crippen molar-refractivity contribution in [2.24, 2.45) is 5.73 Å². The van der Waals surface area contributed by atoms with E-state index in [0.717, 1.165) is 28.8 Å². The summed E-state index contributed by atoms with van der Waals surface area (Å²) in [5.74, 6) is 1.63. The minimum absolute atomic E-state index is 0.0534. The minimum atomic E-state index is 0.0534. The monoisotopic (exact) mass is 313 g/mol. The quantitative estimate of drug-likeness (QED) is 0.907. The Bertz CT molecular complexity index is 425. The molecule has 100 valence electrons. The highest BCUT2D eigenvalue weighted by molar-refractivity contribution is 9.10. The van der Waals surface area contributed by atoms with Crippen LogP contribution in [-0.4, -0.2) is 20.3 Å². The van der Waals surface area contributed by atoms with Crippen LogP contribution in [0.15, 0.2) is 16.6 Å². The molecule has 0 spiro atoms. The topological polar surface area (TPSA) is 44.5 Å². The van der Waals surface area contributed by atoms with Gasteiger partial charge in [0.2, 0.25) is 0 Å². The molecule has 0 amide bonds. The van der Waals surface area contributed by atoms with Gasteiger partial charge in [-0.1, -0.05) is 22.4 Å². The average molecular weight is 314 g/mol. The van der Waals surface area contributed by atoms with E-state index in [1.54, 1.807) is 7.11 Å². The first-order valence-electron chi connectivity index (χ1n) is 6.38. The summed E-state index contributed by atoms with van der Waals surface area (Å²) >= 11 is 3.64. The molecule has 2 rings (SSSR count). The van der Waals surface area contributed by atoms with Gasteiger partial charge in [-0.15, -0.1) is 0 Å². The van der Waals surface area contributed by atoms with Crippen LogP contribution < -0.4 is 15.2 Å². The fourth-order valence-electron chi connectivity index (χ4n) is 2.64. The third-order valence-corrected chi connectivity index (χ3v) is 4.47. The first kappa shape index (κ1) is 13.7. The van der Waals surface area contributed by atoms with E-state index >= 15 is 0 Å². The molecule has 3 nitrogen and oxygen atoms in total. The Morgan fingerprint density at radius 1 is 1.39 bits per heavy atom. The van der Waals surface area contributed by atoms with E-state index in [-0.39, 0.29) is 5.41 Å². The van der Waals surface area contributed by atoms with Gasteiger partial charge in [-0.3, -0.25) is 0 Å². The lowest BCUT2D eigenvalue weighted by Gasteiger charge is -2.43. The summed E-state index contributed by atoms with van der Waals surface area (Å²) in [6.45, 7) is 3.26. The Morgan fingerprint density at radius 2 is 2.11 bits per heavy atom. The number of benzene rings is 1. The Labute approximate surface area is 117 Å². The molecule has 0 unspecified atom stereocenters. The summed E-state index contributed by atoms with van der Waals surface area (Å²) in [6, 6.07) is 3.95. The van der Waals surface area contributed by atoms with E-state index in [0.29, 0.717) is 13.2 Å². The molecule has 0 heterocycles. The smallest absolute Gasteiger partial charge is 0.166 e. The van der Waals surface area contributed by atoms with Crippen LogP contribution in [0.3, 0.4) is 0 Å². The highest BCUT2D eigenvalue weighted by Gasteiger charge is 2.41. The summed E-state index contributed by atoms with van der Waals surface area (Å²) in [4.78, 5) is 0. The SMILES string of the molecule is CCOc1c(OC)ccc(Br)c1C1(CN)CCC1. The van der Waals surface area contributed by atoms with Crippen molar-refractivity contribution in [2.75, 3.05) is 20.3 Å². The van der Waals surface area contributed by atoms with E-state index in [1.165, 1.54) is 12.0 Å². The summed E-state index contributed by atoms with van der Waals surface area (Å²) < 4.78 is 12.3. The van der Waals surface area contributed by atoms with Crippen LogP contribution in [-0.2, 0) is 5.41 Å². The molecule has 0 aromatic heterocycles. The van der Waals surface area contributed by atoms with Crippen molar-refractivity contribution < 1.29 is 9.47 Å². The molecule has 1 aliphatic carbocycles. The molecule has 2 N–H and O–H groups in total. The zero-order valence-electron chi connectivity index (χ0n) is 11.0. The second kappa shape index (κ2) is 5.49. The van der Waals surface area contributed by atoms with Crippen LogP contribution in [0.2, 0.25) is 0 Å². The van der Waals surface area contributed by atoms with Crippen molar-refractivity contribution in [2.45, 2.75) is 31.6 Å². The van der Waals surface area contributed by atoms with Gasteiger partial charge in [0.15, 0.2) is 11.5 Å². The van der Waals surface area contributed by atoms with Crippen molar-refractivity contribution in [3.05, 3.63) is 22.2 Å². The molecule has 0 bridgehead atoms. The Hall–Kier alpha value is -0.740. The van der Waals surface area contributed by atoms with Crippen LogP contribution in [0, 0.1) is 0 Å². The predicted octanol–water partition coefficient (Wildman–Crippen LogP) is 3.24. The molecule has 1 aromatic carbocycles. The second-order valence-electron chi connectivity index (χ2n) is 4.72. The maximum Gasteiger partial charge on any atom is 0.166 e. The molecule has 18 heavy (non-hydrogen) atoms. The van der Waals surface area contributed by atoms with Crippen molar-refractivity contribution in [3.63, 3.8) is 0 Å². The van der Waals surface area contributed by atoms with Gasteiger partial charge in [-0.25, -0.2) is 0 Å². The fraction of sp³-hybridized carbons (Fsp3) is 0.571. The van der Waals surface area contributed by atoms with Gasteiger partial charge in [0, 0.05) is 22.0 Å². The molecular weight excluding hydrogens is 294 g/mol. The lowest BCUT2D eigenvalue weighted by molar-refractivity contribution is 0.231. The highest BCUT2D eigenvalue weighted by atomic mass is 79.9. The first-order chi connectivity index (χ1) is 8.68. The van der Waals surface area contributed by atoms with Gasteiger partial charge in [0.1, 0.15) is 0 Å². The van der Waals surface area contributed by atoms with E-state index in [4.69, 9.17) is 15.2 Å². The van der Waals surface area contributed by atoms with Gasteiger partial charge < -0.3 is 15.2 Å². The lowest BCUT2D eigenvalue weighted by atomic mass is 9.64. The predicted molar refractivity (Wildman–Crippen MR) is 76.4 cm³/mol. The number of ether oxygens (including phenoxy) is 2. The number of halogens is 1. The standard InChI is InChI=1S/C14H20BrNO2/c1-3-18-13-11(17-2)6-5-10(15)12(13)14(9-16)7-4-8-14/h5-6H,3-4,7-9,16H2,1-2H3. The van der Waals surface area contributed by atoms with Crippen molar-refractivity contribution >= 4 is 15.9 Å². The van der Waals surface area contributed by atoms with Gasteiger partial charge in [0.25, 0.3) is 0 Å². The summed E-state index contributed by atoms with van der Waals surface area (Å²) in [5.41, 5.74) is 7.24. The molecule has 0 atom stereocenters. The zero-order valence-corrected chi connectivity index (χ0v) is 12.5. The first-order valence-corrected chi connectivity index (χ1v) is 7.17. The summed E-state index contributed by atoms with van der Waals surface area (Å²) in [5, 5.41) is 0. The van der Waals surface area contributed by atoms with Crippen LogP contribution in [0.4, 0.5) is 0 Å². The van der Waals surface area contributed by atoms with E-state index in [2.05, 4.69) is 15.9 Å². The molecule has 1 aromatic rings.